The molecule has 0 bridgehead atoms. The van der Waals surface area contributed by atoms with Crippen LogP contribution < -0.4 is 5.32 Å². The predicted molar refractivity (Wildman–Crippen MR) is 89.4 cm³/mol. The molecule has 2 unspecified atom stereocenters. The number of nitrogens with one attached hydrogen (secondary N) is 1. The first-order valence-electron chi connectivity index (χ1n) is 8.60. The molecule has 0 radical (unpaired) electrons. The molecule has 116 valence electrons. The van der Waals surface area contributed by atoms with Gasteiger partial charge in [0.15, 0.2) is 0 Å². The van der Waals surface area contributed by atoms with Crippen molar-refractivity contribution in [1.82, 2.24) is 10.2 Å². The lowest BCUT2D eigenvalue weighted by atomic mass is 9.83. The van der Waals surface area contributed by atoms with Gasteiger partial charge in [0.1, 0.15) is 0 Å². The minimum atomic E-state index is 0.332. The highest BCUT2D eigenvalue weighted by atomic mass is 15.3. The fraction of sp³-hybridized carbons (Fsp3) is 0.684. The molecule has 1 aliphatic heterocycles. The van der Waals surface area contributed by atoms with Crippen LogP contribution in [0.4, 0.5) is 0 Å². The molecule has 0 spiro atoms. The largest absolute Gasteiger partial charge is 0.310 e. The second-order valence-electron chi connectivity index (χ2n) is 7.89. The second kappa shape index (κ2) is 6.10. The average molecular weight is 286 g/mol. The Kier molecular flexibility index (Phi) is 4.37. The molecule has 2 atom stereocenters. The zero-order chi connectivity index (χ0) is 14.9. The molecule has 1 aromatic carbocycles. The minimum Gasteiger partial charge on any atom is -0.310 e. The molecule has 1 aromatic rings. The monoisotopic (exact) mass is 286 g/mol. The summed E-state index contributed by atoms with van der Waals surface area (Å²) in [7, 11) is 0. The van der Waals surface area contributed by atoms with Crippen LogP contribution in [-0.4, -0.2) is 30.1 Å². The van der Waals surface area contributed by atoms with E-state index in [1.54, 1.807) is 0 Å². The zero-order valence-electron chi connectivity index (χ0n) is 13.8. The first kappa shape index (κ1) is 15.1. The van der Waals surface area contributed by atoms with Crippen LogP contribution in [0.3, 0.4) is 0 Å². The molecule has 1 saturated heterocycles. The fourth-order valence-corrected chi connectivity index (χ4v) is 3.98. The van der Waals surface area contributed by atoms with Gasteiger partial charge in [-0.25, -0.2) is 0 Å². The molecule has 2 nitrogen and oxygen atoms in total. The van der Waals surface area contributed by atoms with Crippen molar-refractivity contribution in [2.24, 2.45) is 5.41 Å². The predicted octanol–water partition coefficient (Wildman–Crippen LogP) is 3.99. The van der Waals surface area contributed by atoms with Gasteiger partial charge in [0.25, 0.3) is 0 Å². The number of benzene rings is 1. The Labute approximate surface area is 129 Å². The fourth-order valence-electron chi connectivity index (χ4n) is 3.98. The highest BCUT2D eigenvalue weighted by molar-refractivity contribution is 5.21. The van der Waals surface area contributed by atoms with Crippen LogP contribution in [0.5, 0.6) is 0 Å². The quantitative estimate of drug-likeness (QED) is 0.884. The van der Waals surface area contributed by atoms with Crippen LogP contribution in [-0.2, 0) is 0 Å². The van der Waals surface area contributed by atoms with E-state index in [2.05, 4.69) is 61.3 Å². The van der Waals surface area contributed by atoms with Crippen molar-refractivity contribution in [3.63, 3.8) is 0 Å². The molecule has 1 aliphatic carbocycles. The molecule has 0 amide bonds. The van der Waals surface area contributed by atoms with Gasteiger partial charge >= 0.3 is 0 Å². The molecule has 1 saturated carbocycles. The number of hydrogen-bond acceptors (Lipinski definition) is 2. The smallest absolute Gasteiger partial charge is 0.0476 e. The highest BCUT2D eigenvalue weighted by Gasteiger charge is 2.38. The third-order valence-corrected chi connectivity index (χ3v) is 5.37. The van der Waals surface area contributed by atoms with Crippen LogP contribution in [0, 0.1) is 5.41 Å². The van der Waals surface area contributed by atoms with Crippen molar-refractivity contribution < 1.29 is 0 Å². The maximum Gasteiger partial charge on any atom is 0.0476 e. The van der Waals surface area contributed by atoms with Crippen molar-refractivity contribution in [1.29, 1.82) is 0 Å². The van der Waals surface area contributed by atoms with Gasteiger partial charge in [0.05, 0.1) is 0 Å². The van der Waals surface area contributed by atoms with E-state index in [9.17, 15) is 0 Å². The molecule has 1 heterocycles. The molecule has 2 heteroatoms. The Morgan fingerprint density at radius 2 is 1.71 bits per heavy atom. The maximum atomic E-state index is 3.82. The number of hydrogen-bond donors (Lipinski definition) is 1. The molecular weight excluding hydrogens is 256 g/mol. The standard InChI is InChI=1S/C19H30N2/c1-19(2,3)18-14-21(16-11-7-8-12-16)17(13-20-18)15-9-5-4-6-10-15/h4-6,9-10,16-18,20H,7-8,11-14H2,1-3H3. The van der Waals surface area contributed by atoms with E-state index in [1.165, 1.54) is 37.8 Å². The van der Waals surface area contributed by atoms with Crippen LogP contribution in [0.2, 0.25) is 0 Å². The lowest BCUT2D eigenvalue weighted by Gasteiger charge is -2.47. The van der Waals surface area contributed by atoms with Gasteiger partial charge in [-0.1, -0.05) is 63.9 Å². The third kappa shape index (κ3) is 3.32. The molecule has 21 heavy (non-hydrogen) atoms. The molecular formula is C19H30N2. The van der Waals surface area contributed by atoms with Crippen LogP contribution in [0.15, 0.2) is 30.3 Å². The maximum absolute atomic E-state index is 3.82. The molecule has 3 rings (SSSR count). The van der Waals surface area contributed by atoms with E-state index >= 15 is 0 Å². The minimum absolute atomic E-state index is 0.332. The van der Waals surface area contributed by atoms with Crippen LogP contribution in [0.1, 0.15) is 58.1 Å². The molecule has 0 aromatic heterocycles. The van der Waals surface area contributed by atoms with Gasteiger partial charge in [-0.2, -0.15) is 0 Å². The van der Waals surface area contributed by atoms with Gasteiger partial charge < -0.3 is 5.32 Å². The number of nitrogens with zero attached hydrogens (tertiary/aromatic N) is 1. The van der Waals surface area contributed by atoms with Crippen molar-refractivity contribution in [3.05, 3.63) is 35.9 Å². The third-order valence-electron chi connectivity index (χ3n) is 5.37. The summed E-state index contributed by atoms with van der Waals surface area (Å²) in [6, 6.07) is 13.0. The summed E-state index contributed by atoms with van der Waals surface area (Å²) < 4.78 is 0. The Morgan fingerprint density at radius 3 is 2.33 bits per heavy atom. The summed E-state index contributed by atoms with van der Waals surface area (Å²) >= 11 is 0. The van der Waals surface area contributed by atoms with E-state index < -0.39 is 0 Å². The van der Waals surface area contributed by atoms with Crippen LogP contribution in [0.25, 0.3) is 0 Å². The van der Waals surface area contributed by atoms with E-state index in [-0.39, 0.29) is 0 Å². The Hall–Kier alpha value is -0.860. The summed E-state index contributed by atoms with van der Waals surface area (Å²) in [5.41, 5.74) is 1.81. The number of piperazine rings is 1. The lowest BCUT2D eigenvalue weighted by molar-refractivity contribution is 0.0507. The van der Waals surface area contributed by atoms with E-state index in [4.69, 9.17) is 0 Å². The first-order valence-corrected chi connectivity index (χ1v) is 8.60. The van der Waals surface area contributed by atoms with Crippen molar-refractivity contribution in [2.75, 3.05) is 13.1 Å². The summed E-state index contributed by atoms with van der Waals surface area (Å²) in [6.45, 7) is 9.36. The Bertz CT molecular complexity index is 442. The summed E-state index contributed by atoms with van der Waals surface area (Å²) in [4.78, 5) is 2.81. The van der Waals surface area contributed by atoms with Gasteiger partial charge in [0, 0.05) is 31.2 Å². The van der Waals surface area contributed by atoms with Gasteiger partial charge in [0.2, 0.25) is 0 Å². The zero-order valence-corrected chi connectivity index (χ0v) is 13.8. The van der Waals surface area contributed by atoms with Crippen LogP contribution >= 0.6 is 0 Å². The van der Waals surface area contributed by atoms with Crippen molar-refractivity contribution in [2.45, 2.75) is 64.6 Å². The Balaban J connectivity index is 1.82. The van der Waals surface area contributed by atoms with Crippen molar-refractivity contribution >= 4 is 0 Å². The molecule has 1 N–H and O–H groups in total. The summed E-state index contributed by atoms with van der Waals surface area (Å²) in [6.07, 6.45) is 5.60. The highest BCUT2D eigenvalue weighted by Crippen LogP contribution is 2.35. The lowest BCUT2D eigenvalue weighted by Crippen LogP contribution is -2.58. The van der Waals surface area contributed by atoms with Crippen molar-refractivity contribution in [3.8, 4) is 0 Å². The Morgan fingerprint density at radius 1 is 1.05 bits per heavy atom. The molecule has 2 aliphatic rings. The van der Waals surface area contributed by atoms with E-state index in [0.29, 0.717) is 17.5 Å². The molecule has 2 fully saturated rings. The topological polar surface area (TPSA) is 15.3 Å². The van der Waals surface area contributed by atoms with Gasteiger partial charge in [-0.3, -0.25) is 4.90 Å². The summed E-state index contributed by atoms with van der Waals surface area (Å²) in [5, 5.41) is 3.82. The normalized spacial score (nSPS) is 28.9. The first-order chi connectivity index (χ1) is 10.1. The van der Waals surface area contributed by atoms with Gasteiger partial charge in [-0.15, -0.1) is 0 Å². The van der Waals surface area contributed by atoms with E-state index in [1.807, 2.05) is 0 Å². The SMILES string of the molecule is CC(C)(C)C1CN(C2CCCC2)C(c2ccccc2)CN1. The average Bonchev–Trinajstić information content (AvgIpc) is 3.01. The summed E-state index contributed by atoms with van der Waals surface area (Å²) in [5.74, 6) is 0. The van der Waals surface area contributed by atoms with E-state index in [0.717, 1.165) is 12.6 Å². The second-order valence-corrected chi connectivity index (χ2v) is 7.89. The number of rotatable bonds is 2. The van der Waals surface area contributed by atoms with Gasteiger partial charge in [-0.05, 0) is 23.8 Å².